The molecule has 2 aromatic rings. The molecule has 0 aliphatic rings. The molecule has 2 rings (SSSR count). The van der Waals surface area contributed by atoms with Crippen LogP contribution in [-0.4, -0.2) is 20.9 Å². The van der Waals surface area contributed by atoms with E-state index in [9.17, 15) is 14.3 Å². The van der Waals surface area contributed by atoms with E-state index in [-0.39, 0.29) is 16.9 Å². The molecule has 0 saturated heterocycles. The van der Waals surface area contributed by atoms with Crippen molar-refractivity contribution in [1.29, 1.82) is 0 Å². The number of rotatable bonds is 2. The fourth-order valence-electron chi connectivity index (χ4n) is 2.21. The van der Waals surface area contributed by atoms with Crippen LogP contribution in [0.1, 0.15) is 42.5 Å². The minimum absolute atomic E-state index is 0.0522. The van der Waals surface area contributed by atoms with E-state index in [4.69, 9.17) is 0 Å². The molecule has 4 nitrogen and oxygen atoms in total. The Hall–Kier alpha value is -1.69. The number of hydrogen-bond donors (Lipinski definition) is 1. The molecule has 0 spiro atoms. The summed E-state index contributed by atoms with van der Waals surface area (Å²) >= 11 is 3.34. The molecule has 0 saturated carbocycles. The molecule has 1 N–H and O–H groups in total. The van der Waals surface area contributed by atoms with Crippen LogP contribution in [-0.2, 0) is 5.41 Å². The molecular formula is C15H16BrFN2O2. The quantitative estimate of drug-likeness (QED) is 0.883. The zero-order chi connectivity index (χ0) is 15.9. The van der Waals surface area contributed by atoms with Crippen LogP contribution in [0, 0.1) is 12.7 Å². The number of aromatic nitrogens is 2. The summed E-state index contributed by atoms with van der Waals surface area (Å²) in [4.78, 5) is 11.3. The zero-order valence-electron chi connectivity index (χ0n) is 12.2. The van der Waals surface area contributed by atoms with Crippen molar-refractivity contribution >= 4 is 21.9 Å². The van der Waals surface area contributed by atoms with E-state index in [1.54, 1.807) is 17.7 Å². The maximum atomic E-state index is 13.3. The van der Waals surface area contributed by atoms with E-state index in [0.717, 1.165) is 5.69 Å². The van der Waals surface area contributed by atoms with E-state index >= 15 is 0 Å². The van der Waals surface area contributed by atoms with Crippen LogP contribution in [0.3, 0.4) is 0 Å². The van der Waals surface area contributed by atoms with Gasteiger partial charge in [-0.15, -0.1) is 0 Å². The molecule has 0 aliphatic heterocycles. The minimum atomic E-state index is -1.11. The van der Waals surface area contributed by atoms with Crippen LogP contribution in [0.25, 0.3) is 5.69 Å². The summed E-state index contributed by atoms with van der Waals surface area (Å²) in [5, 5.41) is 13.4. The van der Waals surface area contributed by atoms with Gasteiger partial charge in [-0.05, 0) is 46.6 Å². The lowest BCUT2D eigenvalue weighted by atomic mass is 9.91. The highest BCUT2D eigenvalue weighted by atomic mass is 79.9. The Bertz CT molecular complexity index is 717. The third kappa shape index (κ3) is 2.85. The van der Waals surface area contributed by atoms with Gasteiger partial charge in [0.1, 0.15) is 5.82 Å². The van der Waals surface area contributed by atoms with Gasteiger partial charge in [-0.2, -0.15) is 5.10 Å². The second-order valence-corrected chi connectivity index (χ2v) is 6.70. The molecule has 0 atom stereocenters. The van der Waals surface area contributed by atoms with Crippen LogP contribution in [0.15, 0.2) is 22.7 Å². The lowest BCUT2D eigenvalue weighted by molar-refractivity contribution is 0.0689. The van der Waals surface area contributed by atoms with Crippen LogP contribution in [0.2, 0.25) is 0 Å². The summed E-state index contributed by atoms with van der Waals surface area (Å²) < 4.78 is 15.3. The van der Waals surface area contributed by atoms with Gasteiger partial charge in [-0.1, -0.05) is 20.8 Å². The summed E-state index contributed by atoms with van der Waals surface area (Å²) in [6.45, 7) is 7.67. The van der Waals surface area contributed by atoms with E-state index in [1.165, 1.54) is 12.1 Å². The third-order valence-electron chi connectivity index (χ3n) is 3.13. The number of carboxylic acid groups (broad SMARTS) is 1. The lowest BCUT2D eigenvalue weighted by Crippen LogP contribution is -2.18. The van der Waals surface area contributed by atoms with Gasteiger partial charge in [0.25, 0.3) is 0 Å². The molecule has 112 valence electrons. The normalized spacial score (nSPS) is 11.7. The van der Waals surface area contributed by atoms with Gasteiger partial charge >= 0.3 is 5.97 Å². The molecular weight excluding hydrogens is 339 g/mol. The van der Waals surface area contributed by atoms with Crippen molar-refractivity contribution in [2.75, 3.05) is 0 Å². The number of carboxylic acids is 1. The number of nitrogens with zero attached hydrogens (tertiary/aromatic N) is 2. The van der Waals surface area contributed by atoms with Gasteiger partial charge in [-0.25, -0.2) is 13.9 Å². The van der Waals surface area contributed by atoms with Gasteiger partial charge in [0.15, 0.2) is 5.69 Å². The Morgan fingerprint density at radius 1 is 1.38 bits per heavy atom. The Balaban J connectivity index is 2.79. The molecule has 1 heterocycles. The Kier molecular flexibility index (Phi) is 3.93. The predicted octanol–water partition coefficient (Wildman–Crippen LogP) is 4.08. The largest absolute Gasteiger partial charge is 0.476 e. The maximum absolute atomic E-state index is 13.3. The van der Waals surface area contributed by atoms with Crippen LogP contribution >= 0.6 is 15.9 Å². The number of aryl methyl sites for hydroxylation is 1. The molecule has 0 aliphatic carbocycles. The van der Waals surface area contributed by atoms with Crippen LogP contribution < -0.4 is 0 Å². The number of carbonyl (C=O) groups is 1. The van der Waals surface area contributed by atoms with Crippen molar-refractivity contribution in [3.05, 3.63) is 45.4 Å². The van der Waals surface area contributed by atoms with E-state index in [0.29, 0.717) is 15.7 Å². The first-order valence-corrected chi connectivity index (χ1v) is 7.21. The van der Waals surface area contributed by atoms with Gasteiger partial charge in [-0.3, -0.25) is 0 Å². The summed E-state index contributed by atoms with van der Waals surface area (Å²) in [5.74, 6) is -1.44. The van der Waals surface area contributed by atoms with Crippen molar-refractivity contribution in [3.8, 4) is 5.69 Å². The van der Waals surface area contributed by atoms with Gasteiger partial charge in [0.2, 0.25) is 0 Å². The highest BCUT2D eigenvalue weighted by molar-refractivity contribution is 9.10. The molecule has 1 aromatic carbocycles. The highest BCUT2D eigenvalue weighted by Crippen LogP contribution is 2.34. The third-order valence-corrected chi connectivity index (χ3v) is 3.88. The van der Waals surface area contributed by atoms with E-state index < -0.39 is 5.97 Å². The molecule has 6 heteroatoms. The Labute approximate surface area is 130 Å². The average molecular weight is 355 g/mol. The second kappa shape index (κ2) is 5.26. The van der Waals surface area contributed by atoms with E-state index in [1.807, 2.05) is 20.8 Å². The summed E-state index contributed by atoms with van der Waals surface area (Å²) in [5.41, 5.74) is 1.70. The van der Waals surface area contributed by atoms with Crippen molar-refractivity contribution in [2.24, 2.45) is 0 Å². The molecule has 1 aromatic heterocycles. The first-order chi connectivity index (χ1) is 9.62. The van der Waals surface area contributed by atoms with Crippen molar-refractivity contribution < 1.29 is 14.3 Å². The fraction of sp³-hybridized carbons (Fsp3) is 0.333. The Morgan fingerprint density at radius 3 is 2.48 bits per heavy atom. The number of hydrogen-bond acceptors (Lipinski definition) is 2. The summed E-state index contributed by atoms with van der Waals surface area (Å²) in [6.07, 6.45) is 0. The average Bonchev–Trinajstić information content (AvgIpc) is 2.66. The molecule has 21 heavy (non-hydrogen) atoms. The van der Waals surface area contributed by atoms with E-state index in [2.05, 4.69) is 21.0 Å². The molecule has 0 amide bonds. The summed E-state index contributed by atoms with van der Waals surface area (Å²) in [6, 6.07) is 4.34. The summed E-state index contributed by atoms with van der Waals surface area (Å²) in [7, 11) is 0. The monoisotopic (exact) mass is 354 g/mol. The SMILES string of the molecule is Cc1cc(F)ccc1-n1nc(C(=O)O)c(Br)c1C(C)(C)C. The molecule has 0 radical (unpaired) electrons. The number of halogens is 2. The number of benzene rings is 1. The van der Waals surface area contributed by atoms with Crippen molar-refractivity contribution in [3.63, 3.8) is 0 Å². The molecule has 0 bridgehead atoms. The predicted molar refractivity (Wildman–Crippen MR) is 81.6 cm³/mol. The van der Waals surface area contributed by atoms with Crippen molar-refractivity contribution in [2.45, 2.75) is 33.1 Å². The number of aromatic carboxylic acids is 1. The fourth-order valence-corrected chi connectivity index (χ4v) is 3.23. The standard InChI is InChI=1S/C15H16BrFN2O2/c1-8-7-9(17)5-6-10(8)19-13(15(2,3)4)11(16)12(18-19)14(20)21/h5-7H,1-4H3,(H,20,21). The first kappa shape index (κ1) is 15.7. The molecule has 0 fully saturated rings. The van der Waals surface area contributed by atoms with Gasteiger partial charge < -0.3 is 5.11 Å². The van der Waals surface area contributed by atoms with Crippen LogP contribution in [0.5, 0.6) is 0 Å². The zero-order valence-corrected chi connectivity index (χ0v) is 13.8. The van der Waals surface area contributed by atoms with Gasteiger partial charge in [0.05, 0.1) is 15.9 Å². The van der Waals surface area contributed by atoms with Gasteiger partial charge in [0, 0.05) is 5.41 Å². The molecule has 0 unspecified atom stereocenters. The minimum Gasteiger partial charge on any atom is -0.476 e. The van der Waals surface area contributed by atoms with Crippen molar-refractivity contribution in [1.82, 2.24) is 9.78 Å². The highest BCUT2D eigenvalue weighted by Gasteiger charge is 2.29. The first-order valence-electron chi connectivity index (χ1n) is 6.41. The topological polar surface area (TPSA) is 55.1 Å². The lowest BCUT2D eigenvalue weighted by Gasteiger charge is -2.22. The smallest absolute Gasteiger partial charge is 0.357 e. The van der Waals surface area contributed by atoms with Crippen LogP contribution in [0.4, 0.5) is 4.39 Å². The maximum Gasteiger partial charge on any atom is 0.357 e. The Morgan fingerprint density at radius 2 is 2.00 bits per heavy atom. The second-order valence-electron chi connectivity index (χ2n) is 5.91.